The number of allylic oxidation sites excluding steroid dienone is 3. The van der Waals surface area contributed by atoms with Gasteiger partial charge >= 0.3 is 5.97 Å². The second-order valence-corrected chi connectivity index (χ2v) is 9.15. The minimum Gasteiger partial charge on any atom is -0.461 e. The van der Waals surface area contributed by atoms with Gasteiger partial charge in [0.25, 0.3) is 0 Å². The van der Waals surface area contributed by atoms with E-state index in [2.05, 4.69) is 19.9 Å². The van der Waals surface area contributed by atoms with Crippen molar-refractivity contribution in [3.63, 3.8) is 0 Å². The Morgan fingerprint density at radius 3 is 2.80 bits per heavy atom. The summed E-state index contributed by atoms with van der Waals surface area (Å²) in [5, 5.41) is 10.0. The van der Waals surface area contributed by atoms with Gasteiger partial charge in [0.2, 0.25) is 0 Å². The first kappa shape index (κ1) is 17.3. The summed E-state index contributed by atoms with van der Waals surface area (Å²) >= 11 is 0. The van der Waals surface area contributed by atoms with Crippen LogP contribution in [0.3, 0.4) is 0 Å². The third-order valence-corrected chi connectivity index (χ3v) is 7.92. The summed E-state index contributed by atoms with van der Waals surface area (Å²) in [4.78, 5) is 11.5. The first-order chi connectivity index (χ1) is 11.8. The second-order valence-electron chi connectivity index (χ2n) is 9.15. The van der Waals surface area contributed by atoms with Crippen LogP contribution in [0.25, 0.3) is 0 Å². The number of ether oxygens (including phenoxy) is 1. The smallest absolute Gasteiger partial charge is 0.302 e. The molecule has 0 amide bonds. The van der Waals surface area contributed by atoms with E-state index in [1.54, 1.807) is 11.1 Å². The van der Waals surface area contributed by atoms with Gasteiger partial charge in [-0.1, -0.05) is 37.1 Å². The van der Waals surface area contributed by atoms with Crippen molar-refractivity contribution in [1.29, 1.82) is 0 Å². The van der Waals surface area contributed by atoms with Crippen LogP contribution in [0, 0.1) is 22.7 Å². The van der Waals surface area contributed by atoms with Crippen molar-refractivity contribution in [2.45, 2.75) is 77.5 Å². The highest BCUT2D eigenvalue weighted by molar-refractivity contribution is 5.66. The summed E-state index contributed by atoms with van der Waals surface area (Å²) < 4.78 is 5.57. The fourth-order valence-electron chi connectivity index (χ4n) is 6.38. The average molecular weight is 345 g/mol. The first-order valence-electron chi connectivity index (χ1n) is 9.78. The lowest BCUT2D eigenvalue weighted by molar-refractivity contribution is -0.147. The molecule has 0 aromatic rings. The fraction of sp³-hybridized carbons (Fsp3) is 0.762. The molecule has 0 aliphatic heterocycles. The lowest BCUT2D eigenvalue weighted by Gasteiger charge is -2.52. The maximum absolute atomic E-state index is 11.5. The van der Waals surface area contributed by atoms with E-state index in [4.69, 9.17) is 10.5 Å². The van der Waals surface area contributed by atoms with Crippen LogP contribution in [0.1, 0.15) is 59.3 Å². The van der Waals surface area contributed by atoms with Gasteiger partial charge in [-0.15, -0.1) is 0 Å². The van der Waals surface area contributed by atoms with E-state index in [-0.39, 0.29) is 35.0 Å². The lowest BCUT2D eigenvalue weighted by Crippen LogP contribution is -2.48. The van der Waals surface area contributed by atoms with Crippen LogP contribution in [0.4, 0.5) is 0 Å². The monoisotopic (exact) mass is 345 g/mol. The zero-order valence-corrected chi connectivity index (χ0v) is 15.6. The van der Waals surface area contributed by atoms with E-state index in [1.807, 2.05) is 6.08 Å². The summed E-state index contributed by atoms with van der Waals surface area (Å²) in [5.41, 5.74) is 9.85. The van der Waals surface area contributed by atoms with Gasteiger partial charge < -0.3 is 15.6 Å². The zero-order chi connectivity index (χ0) is 18.0. The Morgan fingerprint density at radius 2 is 2.08 bits per heavy atom. The molecule has 1 saturated carbocycles. The molecule has 0 spiro atoms. The van der Waals surface area contributed by atoms with Crippen LogP contribution >= 0.6 is 0 Å². The van der Waals surface area contributed by atoms with Crippen molar-refractivity contribution >= 4 is 5.97 Å². The van der Waals surface area contributed by atoms with Gasteiger partial charge in [0, 0.05) is 18.4 Å². The predicted molar refractivity (Wildman–Crippen MR) is 96.6 cm³/mol. The SMILES string of the molecule is CC(=O)O[C@@H]1C[C@H]2C3=C(CC[C@]2(C)[C@H]1N)[C@@]1(C)C=C[C@H](O)C[C@H]1CC3. The Morgan fingerprint density at radius 1 is 1.32 bits per heavy atom. The topological polar surface area (TPSA) is 72.5 Å². The number of hydrogen-bond acceptors (Lipinski definition) is 4. The molecule has 4 nitrogen and oxygen atoms in total. The molecular weight excluding hydrogens is 314 g/mol. The summed E-state index contributed by atoms with van der Waals surface area (Å²) in [6, 6.07) is -0.0790. The molecule has 4 rings (SSSR count). The van der Waals surface area contributed by atoms with Crippen LogP contribution in [0.15, 0.2) is 23.3 Å². The normalized spacial score (nSPS) is 48.6. The average Bonchev–Trinajstić information content (AvgIpc) is 2.79. The third-order valence-electron chi connectivity index (χ3n) is 7.92. The third kappa shape index (κ3) is 2.44. The number of aliphatic hydroxyl groups is 1. The van der Waals surface area contributed by atoms with Crippen LogP contribution in [0.2, 0.25) is 0 Å². The number of hydrogen-bond donors (Lipinski definition) is 2. The molecule has 0 saturated heterocycles. The molecular formula is C21H31NO3. The highest BCUT2D eigenvalue weighted by Gasteiger charge is 2.57. The van der Waals surface area contributed by atoms with Gasteiger partial charge in [-0.05, 0) is 55.8 Å². The largest absolute Gasteiger partial charge is 0.461 e. The Balaban J connectivity index is 1.71. The molecule has 4 heteroatoms. The number of carbonyl (C=O) groups is 1. The predicted octanol–water partition coefficient (Wildman–Crippen LogP) is 3.10. The van der Waals surface area contributed by atoms with Gasteiger partial charge in [0.1, 0.15) is 6.10 Å². The number of carbonyl (C=O) groups excluding carboxylic acids is 1. The molecule has 1 fully saturated rings. The molecule has 0 radical (unpaired) electrons. The van der Waals surface area contributed by atoms with Crippen molar-refractivity contribution in [2.24, 2.45) is 28.4 Å². The number of nitrogens with two attached hydrogens (primary N) is 1. The highest BCUT2D eigenvalue weighted by Crippen LogP contribution is 2.62. The van der Waals surface area contributed by atoms with Gasteiger partial charge in [-0.3, -0.25) is 4.79 Å². The van der Waals surface area contributed by atoms with Crippen molar-refractivity contribution in [2.75, 3.05) is 0 Å². The number of aliphatic hydroxyl groups excluding tert-OH is 1. The van der Waals surface area contributed by atoms with Crippen LogP contribution in [0.5, 0.6) is 0 Å². The second kappa shape index (κ2) is 5.68. The van der Waals surface area contributed by atoms with E-state index >= 15 is 0 Å². The highest BCUT2D eigenvalue weighted by atomic mass is 16.5. The quantitative estimate of drug-likeness (QED) is 0.566. The summed E-state index contributed by atoms with van der Waals surface area (Å²) in [5.74, 6) is 0.736. The minimum absolute atomic E-state index is 0.0278. The van der Waals surface area contributed by atoms with Gasteiger partial charge in [0.05, 0.1) is 6.10 Å². The van der Waals surface area contributed by atoms with Crippen molar-refractivity contribution < 1.29 is 14.6 Å². The fourth-order valence-corrected chi connectivity index (χ4v) is 6.38. The molecule has 0 unspecified atom stereocenters. The number of fused-ring (bicyclic) bond motifs is 4. The Bertz CT molecular complexity index is 654. The van der Waals surface area contributed by atoms with E-state index in [9.17, 15) is 9.90 Å². The molecule has 3 N–H and O–H groups in total. The van der Waals surface area contributed by atoms with Crippen LogP contribution in [-0.2, 0) is 9.53 Å². The van der Waals surface area contributed by atoms with E-state index < -0.39 is 0 Å². The van der Waals surface area contributed by atoms with E-state index in [1.165, 1.54) is 6.92 Å². The van der Waals surface area contributed by atoms with Gasteiger partial charge in [-0.25, -0.2) is 0 Å². The molecule has 25 heavy (non-hydrogen) atoms. The standard InChI is InChI=1S/C21H31NO3/c1-12(23)25-18-11-17-15-5-4-13-10-14(24)6-8-20(13,2)16(15)7-9-21(17,3)19(18)22/h6,8,13-14,17-19,24H,4-5,7,9-11,22H2,1-3H3/t13-,14+,17+,18-,19+,20+,21+/m1/s1. The molecule has 0 heterocycles. The van der Waals surface area contributed by atoms with Crippen LogP contribution in [-0.4, -0.2) is 29.3 Å². The summed E-state index contributed by atoms with van der Waals surface area (Å²) in [6.07, 6.45) is 9.93. The Labute approximate surface area is 150 Å². The molecule has 4 aliphatic rings. The number of rotatable bonds is 1. The van der Waals surface area contributed by atoms with E-state index in [0.29, 0.717) is 11.8 Å². The Kier molecular flexibility index (Phi) is 3.93. The molecule has 4 aliphatic carbocycles. The van der Waals surface area contributed by atoms with Crippen molar-refractivity contribution in [3.05, 3.63) is 23.3 Å². The molecule has 0 bridgehead atoms. The van der Waals surface area contributed by atoms with Crippen molar-refractivity contribution in [3.8, 4) is 0 Å². The molecule has 0 aromatic heterocycles. The first-order valence-corrected chi connectivity index (χ1v) is 9.78. The zero-order valence-electron chi connectivity index (χ0n) is 15.6. The maximum Gasteiger partial charge on any atom is 0.302 e. The molecule has 138 valence electrons. The van der Waals surface area contributed by atoms with Gasteiger partial charge in [-0.2, -0.15) is 0 Å². The number of esters is 1. The van der Waals surface area contributed by atoms with Gasteiger partial charge in [0.15, 0.2) is 0 Å². The van der Waals surface area contributed by atoms with Crippen molar-refractivity contribution in [1.82, 2.24) is 0 Å². The lowest BCUT2D eigenvalue weighted by atomic mass is 9.53. The molecule has 0 aromatic carbocycles. The molecule has 7 atom stereocenters. The Hall–Kier alpha value is -1.13. The minimum atomic E-state index is -0.290. The maximum atomic E-state index is 11.5. The summed E-state index contributed by atoms with van der Waals surface area (Å²) in [6.45, 7) is 6.13. The van der Waals surface area contributed by atoms with Crippen LogP contribution < -0.4 is 5.73 Å². The summed E-state index contributed by atoms with van der Waals surface area (Å²) in [7, 11) is 0. The van der Waals surface area contributed by atoms with E-state index in [0.717, 1.165) is 38.5 Å².